The highest BCUT2D eigenvalue weighted by Crippen LogP contribution is 2.17. The van der Waals surface area contributed by atoms with Crippen LogP contribution in [0.4, 0.5) is 4.39 Å². The molecule has 2 N–H and O–H groups in total. The van der Waals surface area contributed by atoms with Gasteiger partial charge in [0.2, 0.25) is 0 Å². The number of nitrogens with two attached hydrogens (primary N) is 1. The summed E-state index contributed by atoms with van der Waals surface area (Å²) in [5.41, 5.74) is 5.68. The molecule has 0 spiro atoms. The van der Waals surface area contributed by atoms with Crippen molar-refractivity contribution in [1.82, 2.24) is 9.97 Å². The van der Waals surface area contributed by atoms with Gasteiger partial charge in [-0.3, -0.25) is 0 Å². The summed E-state index contributed by atoms with van der Waals surface area (Å²) in [5, 5.41) is 0. The van der Waals surface area contributed by atoms with E-state index in [1.807, 2.05) is 0 Å². The number of aromatic nitrogens is 2. The molecule has 1 aromatic rings. The van der Waals surface area contributed by atoms with E-state index in [-0.39, 0.29) is 0 Å². The highest BCUT2D eigenvalue weighted by Gasteiger charge is 2.07. The molecule has 0 saturated heterocycles. The van der Waals surface area contributed by atoms with E-state index in [1.165, 1.54) is 18.7 Å². The lowest BCUT2D eigenvalue weighted by Crippen LogP contribution is -2.03. The van der Waals surface area contributed by atoms with E-state index in [0.717, 1.165) is 0 Å². The monoisotopic (exact) mass is 155 g/mol. The van der Waals surface area contributed by atoms with E-state index >= 15 is 0 Å². The zero-order chi connectivity index (χ0) is 8.10. The standard InChI is InChI=1S/C7H10FN3/c8-7(1-2-9)6-3-10-5-11-4-6/h3-5,7H,1-2,9H2. The molecular weight excluding hydrogens is 145 g/mol. The molecule has 0 amide bonds. The molecule has 4 heteroatoms. The second-order valence-corrected chi connectivity index (χ2v) is 2.22. The van der Waals surface area contributed by atoms with Gasteiger partial charge in [0, 0.05) is 18.0 Å². The van der Waals surface area contributed by atoms with Crippen molar-refractivity contribution in [3.63, 3.8) is 0 Å². The van der Waals surface area contributed by atoms with E-state index in [0.29, 0.717) is 18.5 Å². The predicted molar refractivity (Wildman–Crippen MR) is 39.6 cm³/mol. The Hall–Kier alpha value is -1.03. The first-order chi connectivity index (χ1) is 5.34. The average molecular weight is 155 g/mol. The maximum Gasteiger partial charge on any atom is 0.129 e. The van der Waals surface area contributed by atoms with Crippen molar-refractivity contribution in [3.8, 4) is 0 Å². The Morgan fingerprint density at radius 1 is 1.45 bits per heavy atom. The Morgan fingerprint density at radius 3 is 2.64 bits per heavy atom. The van der Waals surface area contributed by atoms with Crippen molar-refractivity contribution < 1.29 is 4.39 Å². The van der Waals surface area contributed by atoms with Gasteiger partial charge < -0.3 is 5.73 Å². The van der Waals surface area contributed by atoms with E-state index in [2.05, 4.69) is 9.97 Å². The van der Waals surface area contributed by atoms with Gasteiger partial charge in [-0.25, -0.2) is 14.4 Å². The van der Waals surface area contributed by atoms with Gasteiger partial charge in [0.15, 0.2) is 0 Å². The lowest BCUT2D eigenvalue weighted by molar-refractivity contribution is 0.326. The van der Waals surface area contributed by atoms with Crippen LogP contribution in [0.25, 0.3) is 0 Å². The molecule has 3 nitrogen and oxygen atoms in total. The summed E-state index contributed by atoms with van der Waals surface area (Å²) in [5.74, 6) is 0. The molecule has 0 bridgehead atoms. The summed E-state index contributed by atoms with van der Waals surface area (Å²) in [6, 6.07) is 0. The van der Waals surface area contributed by atoms with Crippen LogP contribution in [-0.2, 0) is 0 Å². The highest BCUT2D eigenvalue weighted by atomic mass is 19.1. The largest absolute Gasteiger partial charge is 0.330 e. The Balaban J connectivity index is 2.61. The second-order valence-electron chi connectivity index (χ2n) is 2.22. The summed E-state index contributed by atoms with van der Waals surface area (Å²) in [6.07, 6.45) is 3.60. The van der Waals surface area contributed by atoms with Crippen LogP contribution in [0.1, 0.15) is 18.2 Å². The molecule has 1 heterocycles. The van der Waals surface area contributed by atoms with Gasteiger partial charge in [-0.05, 0) is 13.0 Å². The third kappa shape index (κ3) is 2.23. The van der Waals surface area contributed by atoms with Gasteiger partial charge in [-0.1, -0.05) is 0 Å². The fourth-order valence-corrected chi connectivity index (χ4v) is 0.785. The van der Waals surface area contributed by atoms with Crippen molar-refractivity contribution in [2.45, 2.75) is 12.6 Å². The van der Waals surface area contributed by atoms with Gasteiger partial charge in [0.1, 0.15) is 12.5 Å². The van der Waals surface area contributed by atoms with Gasteiger partial charge in [-0.2, -0.15) is 0 Å². The maximum atomic E-state index is 13.0. The number of halogens is 1. The van der Waals surface area contributed by atoms with Crippen LogP contribution in [0.2, 0.25) is 0 Å². The number of nitrogens with zero attached hydrogens (tertiary/aromatic N) is 2. The molecule has 0 aliphatic heterocycles. The first kappa shape index (κ1) is 8.07. The lowest BCUT2D eigenvalue weighted by atomic mass is 10.1. The quantitative estimate of drug-likeness (QED) is 0.703. The SMILES string of the molecule is NCCC(F)c1cncnc1. The molecule has 0 aliphatic carbocycles. The van der Waals surface area contributed by atoms with E-state index in [9.17, 15) is 4.39 Å². The first-order valence-electron chi connectivity index (χ1n) is 3.43. The van der Waals surface area contributed by atoms with Crippen LogP contribution < -0.4 is 5.73 Å². The molecular formula is C7H10FN3. The van der Waals surface area contributed by atoms with Crippen LogP contribution in [0.5, 0.6) is 0 Å². The average Bonchev–Trinajstić information content (AvgIpc) is 2.07. The zero-order valence-corrected chi connectivity index (χ0v) is 6.07. The molecule has 0 radical (unpaired) electrons. The third-order valence-electron chi connectivity index (χ3n) is 1.36. The molecule has 11 heavy (non-hydrogen) atoms. The van der Waals surface area contributed by atoms with Crippen LogP contribution >= 0.6 is 0 Å². The van der Waals surface area contributed by atoms with E-state index in [4.69, 9.17) is 5.73 Å². The van der Waals surface area contributed by atoms with Crippen LogP contribution in [-0.4, -0.2) is 16.5 Å². The number of rotatable bonds is 3. The van der Waals surface area contributed by atoms with Crippen molar-refractivity contribution >= 4 is 0 Å². The maximum absolute atomic E-state index is 13.0. The molecule has 1 rings (SSSR count). The minimum atomic E-state index is -1.03. The summed E-state index contributed by atoms with van der Waals surface area (Å²) < 4.78 is 13.0. The van der Waals surface area contributed by atoms with E-state index < -0.39 is 6.17 Å². The predicted octanol–water partition coefficient (Wildman–Crippen LogP) is 0.836. The Morgan fingerprint density at radius 2 is 2.09 bits per heavy atom. The van der Waals surface area contributed by atoms with Crippen molar-refractivity contribution in [2.75, 3.05) is 6.54 Å². The van der Waals surface area contributed by atoms with Crippen molar-refractivity contribution in [1.29, 1.82) is 0 Å². The highest BCUT2D eigenvalue weighted by molar-refractivity contribution is 5.06. The molecule has 0 fully saturated rings. The fraction of sp³-hybridized carbons (Fsp3) is 0.429. The Kier molecular flexibility index (Phi) is 2.92. The minimum Gasteiger partial charge on any atom is -0.330 e. The lowest BCUT2D eigenvalue weighted by Gasteiger charge is -2.03. The summed E-state index contributed by atoms with van der Waals surface area (Å²) >= 11 is 0. The molecule has 0 aliphatic rings. The molecule has 1 unspecified atom stereocenters. The van der Waals surface area contributed by atoms with Gasteiger partial charge in [0.05, 0.1) is 0 Å². The summed E-state index contributed by atoms with van der Waals surface area (Å²) in [6.45, 7) is 0.343. The first-order valence-corrected chi connectivity index (χ1v) is 3.43. The molecule has 1 atom stereocenters. The van der Waals surface area contributed by atoms with Crippen LogP contribution in [0.3, 0.4) is 0 Å². The third-order valence-corrected chi connectivity index (χ3v) is 1.36. The Bertz CT molecular complexity index is 202. The number of hydrogen-bond donors (Lipinski definition) is 1. The zero-order valence-electron chi connectivity index (χ0n) is 6.07. The van der Waals surface area contributed by atoms with Crippen molar-refractivity contribution in [3.05, 3.63) is 24.3 Å². The second kappa shape index (κ2) is 3.98. The normalized spacial score (nSPS) is 12.9. The molecule has 1 aromatic heterocycles. The minimum absolute atomic E-state index is 0.327. The molecule has 60 valence electrons. The smallest absolute Gasteiger partial charge is 0.129 e. The summed E-state index contributed by atoms with van der Waals surface area (Å²) in [4.78, 5) is 7.39. The summed E-state index contributed by atoms with van der Waals surface area (Å²) in [7, 11) is 0. The van der Waals surface area contributed by atoms with Gasteiger partial charge in [-0.15, -0.1) is 0 Å². The topological polar surface area (TPSA) is 51.8 Å². The van der Waals surface area contributed by atoms with Crippen LogP contribution in [0.15, 0.2) is 18.7 Å². The number of alkyl halides is 1. The molecule has 0 aromatic carbocycles. The number of hydrogen-bond acceptors (Lipinski definition) is 3. The van der Waals surface area contributed by atoms with Crippen molar-refractivity contribution in [2.24, 2.45) is 5.73 Å². The van der Waals surface area contributed by atoms with Gasteiger partial charge in [0.25, 0.3) is 0 Å². The van der Waals surface area contributed by atoms with E-state index in [1.54, 1.807) is 0 Å². The Labute approximate surface area is 64.5 Å². The van der Waals surface area contributed by atoms with Crippen LogP contribution in [0, 0.1) is 0 Å². The van der Waals surface area contributed by atoms with Gasteiger partial charge >= 0.3 is 0 Å². The molecule has 0 saturated carbocycles. The fourth-order valence-electron chi connectivity index (χ4n) is 0.785.